The number of aliphatic hydroxyl groups excluding tert-OH is 7. The zero-order chi connectivity index (χ0) is 99.3. The molecule has 0 radical (unpaired) electrons. The van der Waals surface area contributed by atoms with Crippen molar-refractivity contribution in [2.75, 3.05) is 39.6 Å². The van der Waals surface area contributed by atoms with Crippen LogP contribution in [0.3, 0.4) is 0 Å². The molecule has 13 fully saturated rings. The van der Waals surface area contributed by atoms with Gasteiger partial charge in [0.05, 0.1) is 48.4 Å². The second-order valence-corrected chi connectivity index (χ2v) is 38.8. The molecule has 2 unspecified atom stereocenters. The normalized spacial score (nSPS) is 33.2. The summed E-state index contributed by atoms with van der Waals surface area (Å²) >= 11 is 16.4. The van der Waals surface area contributed by atoms with Crippen LogP contribution < -0.4 is 43.7 Å². The van der Waals surface area contributed by atoms with Crippen molar-refractivity contribution in [3.05, 3.63) is 48.9 Å². The predicted molar refractivity (Wildman–Crippen MR) is 503 cm³/mol. The Morgan fingerprint density at radius 3 is 1.36 bits per heavy atom. The molecule has 17 heterocycles. The minimum Gasteiger partial charge on any atom is -1.00 e. The van der Waals surface area contributed by atoms with E-state index in [4.69, 9.17) is 149 Å². The monoisotopic (exact) mass is 2270 g/mol. The third-order valence-electron chi connectivity index (χ3n) is 22.3. The van der Waals surface area contributed by atoms with E-state index in [-0.39, 0.29) is 147 Å². The number of nitrogens with one attached hydrogen (secondary N) is 1. The Labute approximate surface area is 882 Å². The molecule has 0 aromatic carbocycles. The molecule has 0 spiro atoms. The number of nitrogens with zero attached hydrogens (tertiary/aromatic N) is 5. The first kappa shape index (κ1) is 133. The molecular formula is C89H146Cl4I2LiMgN6O34-. The summed E-state index contributed by atoms with van der Waals surface area (Å²) < 4.78 is 112. The molecule has 10 N–H and O–H groups in total. The van der Waals surface area contributed by atoms with E-state index in [0.717, 1.165) is 82.6 Å². The molecule has 4 aromatic rings. The zero-order valence-electron chi connectivity index (χ0n) is 83.3. The quantitative estimate of drug-likeness (QED) is 0.0252. The Hall–Kier alpha value is -2.23. The van der Waals surface area contributed by atoms with E-state index in [9.17, 15) is 34.5 Å². The Kier molecular flexibility index (Phi) is 57.8. The van der Waals surface area contributed by atoms with Crippen LogP contribution in [0, 0.1) is 24.4 Å². The topological polar surface area (TPSA) is 524 Å². The van der Waals surface area contributed by atoms with Gasteiger partial charge in [0, 0.05) is 84.5 Å². The average Bonchev–Trinajstić information content (AvgIpc) is 1.58. The van der Waals surface area contributed by atoms with E-state index < -0.39 is 158 Å². The maximum absolute atomic E-state index is 11.6. The predicted octanol–water partition coefficient (Wildman–Crippen LogP) is 1.24. The molecule has 782 valence electrons. The number of aliphatic carboxylic acids is 1. The summed E-state index contributed by atoms with van der Waals surface area (Å²) in [6.45, 7) is 46.6. The van der Waals surface area contributed by atoms with Gasteiger partial charge in [0.1, 0.15) is 101 Å². The summed E-state index contributed by atoms with van der Waals surface area (Å²) in [5.74, 6) is -4.68. The van der Waals surface area contributed by atoms with Crippen LogP contribution in [-0.4, -0.2) is 338 Å². The summed E-state index contributed by atoms with van der Waals surface area (Å²) in [6, 6.07) is 0. The van der Waals surface area contributed by atoms with Crippen LogP contribution in [0.25, 0.3) is 22.1 Å². The standard InChI is InChI=1S/C16H19ClIN3O3.C12H20O5.C10H18O4.C9H16O4.C9H14O4.C8H14O5.C6H3ClIN3.C5H10O5.2C4H8O.C3H7.C2H4O2.CH4.2ClH.Li.Mg.H/c1-5-10-16(3,4)12(23-8(2)22)15(24-10)21-6-9(18)11-13(17)19-7-20-14(11)21;1-6-9-12(4,5)10(15-7(2)13)11(17-9)16-8(3)14;1-5-6-10(4,11)7-8(12-6)14-9(2,3)13-7;2*1-4-5-6(10)7-8(11-5)13-9(2,3)12-7;1-8(2)12-6-5(10)4(3-9)11-7(6)13-8;7-5-4-3(8)1-9-6(4)11-2-10-5;6-1-2-3(7)4(8)5(9)10-2;2*1-2-4-5-3-1;1-3-2;1-2(3)4;;;;;;/h6-7,10,12,15H,5H2,1-4H3;9-11H,6H2,1-5H3;6-8,11H,5H2,1-4H3;5-8,10H,4H2,1-3H3;5,7-8H,4H2,1-3H3;4-7,9-10H,3H2,1-2H3;1-2H,(H,9,10,11);2-9H,1H2;2*1-4H2;3H,1-2H3;1H3,(H,3,4);1H4;2*1H;;;/q;;;;;;;;;;-1;;;;;+1;+2;-1/p-2/t10-,12+,15-;9-,10+,11?;6-,7+,8-,10-;5-,6+,7-,8-;5-,7-,8-;4-,5+,6-,7-;;2-,3+,4-,5?;;;;;;;;;;/m111111.1........../s1. The fraction of sp³-hybridized carbons (Fsp3) is 0.798. The molecule has 17 rings (SSSR count). The van der Waals surface area contributed by atoms with E-state index in [1.165, 1.54) is 59.1 Å². The van der Waals surface area contributed by atoms with Gasteiger partial charge in [-0.05, 0) is 165 Å². The van der Waals surface area contributed by atoms with Crippen LogP contribution in [0.5, 0.6) is 0 Å². The number of H-pyrrole nitrogens is 1. The van der Waals surface area contributed by atoms with Crippen molar-refractivity contribution in [1.29, 1.82) is 0 Å². The van der Waals surface area contributed by atoms with Crippen LogP contribution in [0.4, 0.5) is 0 Å². The van der Waals surface area contributed by atoms with Crippen molar-refractivity contribution in [2.45, 2.75) is 408 Å². The van der Waals surface area contributed by atoms with Crippen LogP contribution in [0.2, 0.25) is 10.3 Å². The number of carbonyl (C=O) groups excluding carboxylic acids is 4. The summed E-state index contributed by atoms with van der Waals surface area (Å²) in [5.41, 5.74) is -0.180. The first-order valence-electron chi connectivity index (χ1n) is 44.4. The number of ketones is 1. The number of hydrogen-bond acceptors (Lipinski definition) is 37. The number of ether oxygens (including phenoxy) is 20. The number of aliphatic hydroxyl groups is 8. The molecule has 137 heavy (non-hydrogen) atoms. The van der Waals surface area contributed by atoms with Crippen LogP contribution in [-0.2, 0) is 119 Å². The Bertz CT molecular complexity index is 4200. The van der Waals surface area contributed by atoms with E-state index in [1.807, 2.05) is 106 Å². The van der Waals surface area contributed by atoms with E-state index >= 15 is 0 Å². The number of fused-ring (bicyclic) bond motifs is 6. The molecule has 13 aliphatic rings. The molecule has 25 atom stereocenters. The zero-order valence-corrected chi connectivity index (χ0v) is 91.0. The molecular weight excluding hydrogens is 2120 g/mol. The van der Waals surface area contributed by atoms with Crippen molar-refractivity contribution in [3.8, 4) is 0 Å². The summed E-state index contributed by atoms with van der Waals surface area (Å²) in [4.78, 5) is 73.6. The SMILES string of the molecule is C.C1CCOC1.C1CCOC1.CC(=O)O.CC1(C)O[C@H]2O[C@H](CO)[C@H](O)[C@H]2O1.CC[C@H]1OC(OC(C)=O)[C@H](OC(C)=O)C1(C)C.CC[C@H]1O[C@@H](n2cc(I)c3c(Cl)ncnc32)[C@H](OC(C)=O)C1(C)C.CC[C@H]1O[C@@H]2OC(C)(C)O[C@@H]2C1=O.CC[C@H]1O[C@@H]2OC(C)(C)O[C@@H]2[C@H]1O.CC[C@H]1O[C@@H]2OC(C)(C)O[C@@H]2[C@]1(C)O.C[CH-]C.Clc1ncnc2[nH]cc(I)c12.OC[C@H]1OC(O)[C@H](O)[C@H]1O.[Cl-].[Cl-].[H-].[Li+].[Mg+2]. The maximum Gasteiger partial charge on any atom is 2.00 e. The van der Waals surface area contributed by atoms with E-state index in [1.54, 1.807) is 34.6 Å². The van der Waals surface area contributed by atoms with Gasteiger partial charge in [0.15, 0.2) is 84.9 Å². The van der Waals surface area contributed by atoms with E-state index in [2.05, 4.69) is 95.6 Å². The van der Waals surface area contributed by atoms with Gasteiger partial charge in [-0.3, -0.25) is 24.0 Å². The van der Waals surface area contributed by atoms with Gasteiger partial charge in [0.25, 0.3) is 5.97 Å². The van der Waals surface area contributed by atoms with Crippen molar-refractivity contribution >= 4 is 143 Å². The second-order valence-electron chi connectivity index (χ2n) is 35.8. The van der Waals surface area contributed by atoms with Gasteiger partial charge in [-0.25, -0.2) is 19.9 Å². The Balaban J connectivity index is 0.00000152. The third kappa shape index (κ3) is 36.9. The summed E-state index contributed by atoms with van der Waals surface area (Å²) in [6.07, 6.45) is 4.23. The van der Waals surface area contributed by atoms with Crippen molar-refractivity contribution in [2.24, 2.45) is 10.8 Å². The molecule has 0 amide bonds. The van der Waals surface area contributed by atoms with Gasteiger partial charge < -0.3 is 183 Å². The smallest absolute Gasteiger partial charge is 1.00 e. The summed E-state index contributed by atoms with van der Waals surface area (Å²) in [7, 11) is 0. The molecule has 4 aromatic heterocycles. The number of carbonyl (C=O) groups is 5. The van der Waals surface area contributed by atoms with Gasteiger partial charge in [-0.15, -0.1) is 0 Å². The number of carboxylic acid groups (broad SMARTS) is 1. The molecule has 13 aliphatic heterocycles. The van der Waals surface area contributed by atoms with Crippen molar-refractivity contribution in [3.63, 3.8) is 0 Å². The largest absolute Gasteiger partial charge is 2.00 e. The molecule has 0 saturated carbocycles. The fourth-order valence-corrected chi connectivity index (χ4v) is 18.2. The molecule has 13 saturated heterocycles. The number of rotatable bonds is 11. The van der Waals surface area contributed by atoms with Gasteiger partial charge in [0.2, 0.25) is 6.29 Å². The first-order valence-corrected chi connectivity index (χ1v) is 47.3. The van der Waals surface area contributed by atoms with Gasteiger partial charge >= 0.3 is 59.8 Å². The Morgan fingerprint density at radius 1 is 0.533 bits per heavy atom. The van der Waals surface area contributed by atoms with Crippen LogP contribution in [0.1, 0.15) is 239 Å². The number of aromatic nitrogens is 6. The summed E-state index contributed by atoms with van der Waals surface area (Å²) in [5, 5.41) is 83.4. The molecule has 0 aliphatic carbocycles. The molecule has 40 nitrogen and oxygen atoms in total. The minimum absolute atomic E-state index is 0. The van der Waals surface area contributed by atoms with E-state index in [0.29, 0.717) is 22.4 Å². The van der Waals surface area contributed by atoms with Gasteiger partial charge in [-0.1, -0.05) is 92.9 Å². The van der Waals surface area contributed by atoms with Gasteiger partial charge in [-0.2, -0.15) is 13.8 Å². The number of Topliss-reactive ketones (excluding diaryl/α,β-unsaturated/α-hetero) is 1. The number of halogens is 6. The fourth-order valence-electron chi connectivity index (χ4n) is 15.9. The number of esters is 3. The molecule has 0 bridgehead atoms. The Morgan fingerprint density at radius 2 is 0.956 bits per heavy atom. The van der Waals surface area contributed by atoms with Crippen molar-refractivity contribution in [1.82, 2.24) is 29.5 Å². The first-order chi connectivity index (χ1) is 61.6. The van der Waals surface area contributed by atoms with Crippen LogP contribution >= 0.6 is 68.4 Å². The second kappa shape index (κ2) is 59.7. The third-order valence-corrected chi connectivity index (χ3v) is 24.5. The van der Waals surface area contributed by atoms with Crippen molar-refractivity contribution < 1.29 is 210 Å². The minimum atomic E-state index is -1.38. The molecule has 48 heteroatoms. The number of hydrogen-bond donors (Lipinski definition) is 10. The van der Waals surface area contributed by atoms with Crippen LogP contribution in [0.15, 0.2) is 25.0 Å². The number of carboxylic acids is 1. The number of aromatic amines is 1. The maximum atomic E-state index is 11.6. The average molecular weight is 2270 g/mol.